The normalized spacial score (nSPS) is 16.6. The zero-order valence-electron chi connectivity index (χ0n) is 6.62. The van der Waals surface area contributed by atoms with E-state index in [0.717, 1.165) is 18.8 Å². The summed E-state index contributed by atoms with van der Waals surface area (Å²) in [6, 6.07) is 5.71. The third-order valence-corrected chi connectivity index (χ3v) is 2.11. The number of nitrogens with zero attached hydrogens (tertiary/aromatic N) is 2. The molecular weight excluding hydrogens is 150 g/mol. The summed E-state index contributed by atoms with van der Waals surface area (Å²) < 4.78 is 0. The van der Waals surface area contributed by atoms with Crippen LogP contribution in [0.5, 0.6) is 0 Å². The summed E-state index contributed by atoms with van der Waals surface area (Å²) in [5, 5.41) is 11.8. The predicted octanol–water partition coefficient (Wildman–Crippen LogP) is 0.640. The highest BCUT2D eigenvalue weighted by atomic mass is 15.0. The Labute approximate surface area is 71.0 Å². The van der Waals surface area contributed by atoms with Gasteiger partial charge in [0.05, 0.1) is 11.6 Å². The molecule has 1 fully saturated rings. The lowest BCUT2D eigenvalue weighted by Crippen LogP contribution is -2.40. The second kappa shape index (κ2) is 2.92. The van der Waals surface area contributed by atoms with Crippen LogP contribution in [0, 0.1) is 11.3 Å². The number of aromatic nitrogens is 1. The summed E-state index contributed by atoms with van der Waals surface area (Å²) in [4.78, 5) is 4.22. The Morgan fingerprint density at radius 1 is 1.58 bits per heavy atom. The summed E-state index contributed by atoms with van der Waals surface area (Å²) in [5.74, 6) is 0.512. The van der Waals surface area contributed by atoms with Gasteiger partial charge in [0.2, 0.25) is 0 Å². The quantitative estimate of drug-likeness (QED) is 0.654. The molecule has 1 aromatic heterocycles. The second-order valence-corrected chi connectivity index (χ2v) is 2.94. The van der Waals surface area contributed by atoms with Crippen molar-refractivity contribution >= 4 is 0 Å². The molecule has 0 aliphatic carbocycles. The smallest absolute Gasteiger partial charge is 0.0992 e. The molecule has 0 atom stereocenters. The predicted molar refractivity (Wildman–Crippen MR) is 44.6 cm³/mol. The van der Waals surface area contributed by atoms with Crippen molar-refractivity contribution in [2.24, 2.45) is 0 Å². The average molecular weight is 159 g/mol. The molecule has 0 unspecified atom stereocenters. The Morgan fingerprint density at radius 2 is 2.42 bits per heavy atom. The molecule has 1 N–H and O–H groups in total. The first-order valence-electron chi connectivity index (χ1n) is 3.97. The fraction of sp³-hybridized carbons (Fsp3) is 0.333. The zero-order valence-corrected chi connectivity index (χ0v) is 6.62. The maximum Gasteiger partial charge on any atom is 0.0992 e. The highest BCUT2D eigenvalue weighted by Crippen LogP contribution is 2.17. The van der Waals surface area contributed by atoms with Crippen molar-refractivity contribution < 1.29 is 0 Å². The van der Waals surface area contributed by atoms with E-state index in [1.54, 1.807) is 12.3 Å². The molecule has 60 valence electrons. The minimum atomic E-state index is 0.512. The van der Waals surface area contributed by atoms with E-state index in [-0.39, 0.29) is 0 Å². The number of nitriles is 1. The number of rotatable bonds is 1. The van der Waals surface area contributed by atoms with Crippen LogP contribution in [-0.2, 0) is 0 Å². The molecule has 1 saturated heterocycles. The van der Waals surface area contributed by atoms with E-state index in [2.05, 4.69) is 16.4 Å². The molecule has 1 aliphatic rings. The Kier molecular flexibility index (Phi) is 1.77. The van der Waals surface area contributed by atoms with Crippen LogP contribution >= 0.6 is 0 Å². The van der Waals surface area contributed by atoms with Gasteiger partial charge in [-0.25, -0.2) is 0 Å². The Balaban J connectivity index is 2.27. The van der Waals surface area contributed by atoms with Gasteiger partial charge in [-0.3, -0.25) is 4.98 Å². The van der Waals surface area contributed by atoms with Gasteiger partial charge in [0, 0.05) is 30.9 Å². The van der Waals surface area contributed by atoms with Gasteiger partial charge in [-0.1, -0.05) is 0 Å². The summed E-state index contributed by atoms with van der Waals surface area (Å²) in [5.41, 5.74) is 1.74. The van der Waals surface area contributed by atoms with Crippen molar-refractivity contribution in [3.8, 4) is 6.07 Å². The molecule has 0 amide bonds. The Bertz CT molecular complexity index is 323. The average Bonchev–Trinajstić information content (AvgIpc) is 2.02. The molecule has 0 saturated carbocycles. The van der Waals surface area contributed by atoms with E-state index < -0.39 is 0 Å². The molecule has 1 aliphatic heterocycles. The van der Waals surface area contributed by atoms with Gasteiger partial charge >= 0.3 is 0 Å². The van der Waals surface area contributed by atoms with Crippen LogP contribution in [0.1, 0.15) is 17.2 Å². The van der Waals surface area contributed by atoms with Crippen molar-refractivity contribution in [1.29, 1.82) is 5.26 Å². The summed E-state index contributed by atoms with van der Waals surface area (Å²) in [7, 11) is 0. The minimum Gasteiger partial charge on any atom is -0.315 e. The van der Waals surface area contributed by atoms with Crippen LogP contribution in [0.4, 0.5) is 0 Å². The fourth-order valence-electron chi connectivity index (χ4n) is 1.24. The highest BCUT2D eigenvalue weighted by molar-refractivity contribution is 5.30. The molecule has 0 radical (unpaired) electrons. The maximum absolute atomic E-state index is 8.64. The van der Waals surface area contributed by atoms with Crippen molar-refractivity contribution in [2.45, 2.75) is 5.92 Å². The summed E-state index contributed by atoms with van der Waals surface area (Å²) >= 11 is 0. The molecule has 2 rings (SSSR count). The standard InChI is InChI=1S/C9H9N3/c10-4-7-1-2-12-9(3-7)8-5-11-6-8/h1-3,8,11H,5-6H2. The van der Waals surface area contributed by atoms with Gasteiger partial charge in [0.1, 0.15) is 0 Å². The zero-order chi connectivity index (χ0) is 8.39. The van der Waals surface area contributed by atoms with Crippen LogP contribution in [0.2, 0.25) is 0 Å². The van der Waals surface area contributed by atoms with E-state index in [4.69, 9.17) is 5.26 Å². The maximum atomic E-state index is 8.64. The van der Waals surface area contributed by atoms with Crippen LogP contribution in [0.25, 0.3) is 0 Å². The van der Waals surface area contributed by atoms with Gasteiger partial charge < -0.3 is 5.32 Å². The molecule has 3 heteroatoms. The van der Waals surface area contributed by atoms with Gasteiger partial charge in [-0.15, -0.1) is 0 Å². The third kappa shape index (κ3) is 1.17. The monoisotopic (exact) mass is 159 g/mol. The van der Waals surface area contributed by atoms with Gasteiger partial charge in [0.25, 0.3) is 0 Å². The molecule has 3 nitrogen and oxygen atoms in total. The first kappa shape index (κ1) is 7.26. The first-order valence-corrected chi connectivity index (χ1v) is 3.97. The number of pyridine rings is 1. The van der Waals surface area contributed by atoms with E-state index in [0.29, 0.717) is 11.5 Å². The summed E-state index contributed by atoms with van der Waals surface area (Å²) in [6.45, 7) is 1.98. The Hall–Kier alpha value is -1.40. The van der Waals surface area contributed by atoms with Crippen molar-refractivity contribution in [3.05, 3.63) is 29.6 Å². The lowest BCUT2D eigenvalue weighted by molar-refractivity contribution is 0.440. The molecule has 0 bridgehead atoms. The number of nitrogens with one attached hydrogen (secondary N) is 1. The lowest BCUT2D eigenvalue weighted by Gasteiger charge is -2.26. The molecule has 1 aromatic rings. The lowest BCUT2D eigenvalue weighted by atomic mass is 9.98. The topological polar surface area (TPSA) is 48.7 Å². The summed E-state index contributed by atoms with van der Waals surface area (Å²) in [6.07, 6.45) is 1.70. The first-order chi connectivity index (χ1) is 5.90. The largest absolute Gasteiger partial charge is 0.315 e. The molecule has 0 aromatic carbocycles. The highest BCUT2D eigenvalue weighted by Gasteiger charge is 2.19. The van der Waals surface area contributed by atoms with Crippen LogP contribution < -0.4 is 5.32 Å². The molecular formula is C9H9N3. The molecule has 0 spiro atoms. The van der Waals surface area contributed by atoms with Crippen molar-refractivity contribution in [3.63, 3.8) is 0 Å². The van der Waals surface area contributed by atoms with Gasteiger partial charge in [0.15, 0.2) is 0 Å². The van der Waals surface area contributed by atoms with Crippen LogP contribution in [-0.4, -0.2) is 18.1 Å². The number of hydrogen-bond donors (Lipinski definition) is 1. The van der Waals surface area contributed by atoms with Crippen molar-refractivity contribution in [2.75, 3.05) is 13.1 Å². The SMILES string of the molecule is N#Cc1ccnc(C2CNC2)c1. The van der Waals surface area contributed by atoms with E-state index in [1.165, 1.54) is 0 Å². The van der Waals surface area contributed by atoms with E-state index in [9.17, 15) is 0 Å². The van der Waals surface area contributed by atoms with Crippen LogP contribution in [0.15, 0.2) is 18.3 Å². The van der Waals surface area contributed by atoms with E-state index in [1.807, 2.05) is 6.07 Å². The Morgan fingerprint density at radius 3 is 3.00 bits per heavy atom. The third-order valence-electron chi connectivity index (χ3n) is 2.11. The fourth-order valence-corrected chi connectivity index (χ4v) is 1.24. The second-order valence-electron chi connectivity index (χ2n) is 2.94. The molecule has 12 heavy (non-hydrogen) atoms. The van der Waals surface area contributed by atoms with Gasteiger partial charge in [-0.05, 0) is 12.1 Å². The van der Waals surface area contributed by atoms with Crippen molar-refractivity contribution in [1.82, 2.24) is 10.3 Å². The van der Waals surface area contributed by atoms with E-state index >= 15 is 0 Å². The van der Waals surface area contributed by atoms with Gasteiger partial charge in [-0.2, -0.15) is 5.26 Å². The molecule has 2 heterocycles. The van der Waals surface area contributed by atoms with Crippen LogP contribution in [0.3, 0.4) is 0 Å². The number of hydrogen-bond acceptors (Lipinski definition) is 3. The minimum absolute atomic E-state index is 0.512.